The molecule has 1 saturated heterocycles. The van der Waals surface area contributed by atoms with E-state index in [1.807, 2.05) is 13.0 Å². The van der Waals surface area contributed by atoms with Crippen LogP contribution < -0.4 is 14.4 Å². The van der Waals surface area contributed by atoms with E-state index in [0.29, 0.717) is 12.3 Å². The van der Waals surface area contributed by atoms with E-state index >= 15 is 0 Å². The van der Waals surface area contributed by atoms with Crippen molar-refractivity contribution in [1.82, 2.24) is 4.72 Å². The highest BCUT2D eigenvalue weighted by atomic mass is 32.2. The van der Waals surface area contributed by atoms with Crippen molar-refractivity contribution in [1.29, 1.82) is 0 Å². The van der Waals surface area contributed by atoms with Gasteiger partial charge in [0.05, 0.1) is 20.3 Å². The number of nitrogens with one attached hydrogen (secondary N) is 1. The van der Waals surface area contributed by atoms with Crippen molar-refractivity contribution in [3.8, 4) is 5.75 Å². The standard InChI is InChI=1S/C22H30N2O4S/c1-3-18-8-11-21(27-2)22(17-18)29(25,26)23-12-4-5-19-6-9-20(10-7-19)24-13-15-28-16-14-24/h6-11,17,23H,3-5,12-16H2,1-2H3. The van der Waals surface area contributed by atoms with Gasteiger partial charge in [-0.2, -0.15) is 0 Å². The number of rotatable bonds is 9. The molecule has 1 fully saturated rings. The minimum Gasteiger partial charge on any atom is -0.495 e. The summed E-state index contributed by atoms with van der Waals surface area (Å²) in [5.41, 5.74) is 3.37. The lowest BCUT2D eigenvalue weighted by molar-refractivity contribution is 0.122. The highest BCUT2D eigenvalue weighted by molar-refractivity contribution is 7.89. The topological polar surface area (TPSA) is 67.9 Å². The SMILES string of the molecule is CCc1ccc(OC)c(S(=O)(=O)NCCCc2ccc(N3CCOCC3)cc2)c1. The van der Waals surface area contributed by atoms with Crippen molar-refractivity contribution in [2.24, 2.45) is 0 Å². The molecular formula is C22H30N2O4S. The Hall–Kier alpha value is -2.09. The van der Waals surface area contributed by atoms with E-state index in [1.54, 1.807) is 12.1 Å². The molecule has 0 aliphatic carbocycles. The lowest BCUT2D eigenvalue weighted by atomic mass is 10.1. The predicted molar refractivity (Wildman–Crippen MR) is 115 cm³/mol. The maximum absolute atomic E-state index is 12.7. The molecule has 0 amide bonds. The van der Waals surface area contributed by atoms with Crippen LogP contribution in [0.5, 0.6) is 5.75 Å². The molecule has 1 aliphatic heterocycles. The van der Waals surface area contributed by atoms with Crippen molar-refractivity contribution < 1.29 is 17.9 Å². The van der Waals surface area contributed by atoms with Crippen LogP contribution in [0.4, 0.5) is 5.69 Å². The van der Waals surface area contributed by atoms with Crippen molar-refractivity contribution in [2.45, 2.75) is 31.1 Å². The average Bonchev–Trinajstić information content (AvgIpc) is 2.77. The van der Waals surface area contributed by atoms with Crippen molar-refractivity contribution in [3.05, 3.63) is 53.6 Å². The molecule has 6 nitrogen and oxygen atoms in total. The minimum atomic E-state index is -3.60. The molecule has 0 spiro atoms. The Bertz CT molecular complexity index is 892. The summed E-state index contributed by atoms with van der Waals surface area (Å²) in [6, 6.07) is 13.8. The highest BCUT2D eigenvalue weighted by Crippen LogP contribution is 2.25. The van der Waals surface area contributed by atoms with Gasteiger partial charge in [-0.3, -0.25) is 0 Å². The molecule has 29 heavy (non-hydrogen) atoms. The second-order valence-corrected chi connectivity index (χ2v) is 8.84. The van der Waals surface area contributed by atoms with Gasteiger partial charge in [-0.1, -0.05) is 25.1 Å². The van der Waals surface area contributed by atoms with Gasteiger partial charge in [0.15, 0.2) is 0 Å². The van der Waals surface area contributed by atoms with Crippen LogP contribution in [0.25, 0.3) is 0 Å². The Balaban J connectivity index is 1.53. The largest absolute Gasteiger partial charge is 0.495 e. The van der Waals surface area contributed by atoms with Gasteiger partial charge < -0.3 is 14.4 Å². The number of hydrogen-bond acceptors (Lipinski definition) is 5. The number of benzene rings is 2. The molecule has 0 bridgehead atoms. The Morgan fingerprint density at radius 2 is 1.76 bits per heavy atom. The zero-order valence-electron chi connectivity index (χ0n) is 17.2. The number of ether oxygens (including phenoxy) is 2. The van der Waals surface area contributed by atoms with Crippen LogP contribution in [0.3, 0.4) is 0 Å². The van der Waals surface area contributed by atoms with Crippen LogP contribution in [0.15, 0.2) is 47.4 Å². The summed E-state index contributed by atoms with van der Waals surface area (Å²) >= 11 is 0. The summed E-state index contributed by atoms with van der Waals surface area (Å²) < 4.78 is 38.7. The fraction of sp³-hybridized carbons (Fsp3) is 0.455. The number of morpholine rings is 1. The molecule has 2 aromatic carbocycles. The molecule has 0 radical (unpaired) electrons. The van der Waals surface area contributed by atoms with E-state index in [-0.39, 0.29) is 4.90 Å². The van der Waals surface area contributed by atoms with E-state index in [9.17, 15) is 8.42 Å². The number of nitrogens with zero attached hydrogens (tertiary/aromatic N) is 1. The van der Waals surface area contributed by atoms with Crippen LogP contribution in [0.2, 0.25) is 0 Å². The third-order valence-electron chi connectivity index (χ3n) is 5.17. The Labute approximate surface area is 173 Å². The monoisotopic (exact) mass is 418 g/mol. The van der Waals surface area contributed by atoms with Crippen LogP contribution >= 0.6 is 0 Å². The van der Waals surface area contributed by atoms with Crippen molar-refractivity contribution in [2.75, 3.05) is 44.9 Å². The number of anilines is 1. The van der Waals surface area contributed by atoms with Crippen LogP contribution in [-0.4, -0.2) is 48.4 Å². The molecule has 0 unspecified atom stereocenters. The third kappa shape index (κ3) is 5.72. The van der Waals surface area contributed by atoms with Gasteiger partial charge in [0.25, 0.3) is 0 Å². The lowest BCUT2D eigenvalue weighted by Crippen LogP contribution is -2.36. The number of hydrogen-bond donors (Lipinski definition) is 1. The van der Waals surface area contributed by atoms with Gasteiger partial charge in [0.1, 0.15) is 10.6 Å². The minimum absolute atomic E-state index is 0.203. The Morgan fingerprint density at radius 1 is 1.07 bits per heavy atom. The molecule has 1 heterocycles. The van der Waals surface area contributed by atoms with Crippen molar-refractivity contribution >= 4 is 15.7 Å². The summed E-state index contributed by atoms with van der Waals surface area (Å²) in [5.74, 6) is 0.369. The molecule has 2 aromatic rings. The van der Waals surface area contributed by atoms with E-state index in [1.165, 1.54) is 18.4 Å². The summed E-state index contributed by atoms with van der Waals surface area (Å²) in [6.45, 7) is 5.76. The highest BCUT2D eigenvalue weighted by Gasteiger charge is 2.19. The first-order valence-electron chi connectivity index (χ1n) is 10.1. The molecule has 3 rings (SSSR count). The van der Waals surface area contributed by atoms with Crippen LogP contribution in [0, 0.1) is 0 Å². The molecule has 0 saturated carbocycles. The summed E-state index contributed by atoms with van der Waals surface area (Å²) in [7, 11) is -2.12. The second kappa shape index (κ2) is 10.1. The molecule has 158 valence electrons. The van der Waals surface area contributed by atoms with Crippen LogP contribution in [-0.2, 0) is 27.6 Å². The molecule has 7 heteroatoms. The first-order valence-corrected chi connectivity index (χ1v) is 11.6. The Kier molecular flexibility index (Phi) is 7.52. The van der Waals surface area contributed by atoms with Crippen molar-refractivity contribution in [3.63, 3.8) is 0 Å². The molecule has 0 atom stereocenters. The number of sulfonamides is 1. The quantitative estimate of drug-likeness (QED) is 0.634. The fourth-order valence-electron chi connectivity index (χ4n) is 3.42. The second-order valence-electron chi connectivity index (χ2n) is 7.11. The van der Waals surface area contributed by atoms with Gasteiger partial charge in [-0.25, -0.2) is 13.1 Å². The van der Waals surface area contributed by atoms with Gasteiger partial charge >= 0.3 is 0 Å². The third-order valence-corrected chi connectivity index (χ3v) is 6.65. The van der Waals surface area contributed by atoms with Gasteiger partial charge in [0, 0.05) is 25.3 Å². The first-order chi connectivity index (χ1) is 14.0. The zero-order chi connectivity index (χ0) is 20.7. The van der Waals surface area contributed by atoms with E-state index in [2.05, 4.69) is 33.9 Å². The maximum Gasteiger partial charge on any atom is 0.244 e. The smallest absolute Gasteiger partial charge is 0.244 e. The van der Waals surface area contributed by atoms with E-state index in [4.69, 9.17) is 9.47 Å². The predicted octanol–water partition coefficient (Wildman–Crippen LogP) is 3.01. The molecule has 1 aliphatic rings. The van der Waals surface area contributed by atoms with Crippen LogP contribution in [0.1, 0.15) is 24.5 Å². The number of methoxy groups -OCH3 is 1. The van der Waals surface area contributed by atoms with E-state index < -0.39 is 10.0 Å². The molecule has 1 N–H and O–H groups in total. The first kappa shape index (κ1) is 21.6. The van der Waals surface area contributed by atoms with Gasteiger partial charge in [-0.15, -0.1) is 0 Å². The summed E-state index contributed by atoms with van der Waals surface area (Å²) in [5, 5.41) is 0. The summed E-state index contributed by atoms with van der Waals surface area (Å²) in [6.07, 6.45) is 2.32. The Morgan fingerprint density at radius 3 is 2.41 bits per heavy atom. The maximum atomic E-state index is 12.7. The molecule has 0 aromatic heterocycles. The lowest BCUT2D eigenvalue weighted by Gasteiger charge is -2.28. The van der Waals surface area contributed by atoms with E-state index in [0.717, 1.165) is 51.1 Å². The zero-order valence-corrected chi connectivity index (χ0v) is 18.0. The fourth-order valence-corrected chi connectivity index (χ4v) is 4.71. The van der Waals surface area contributed by atoms with Gasteiger partial charge in [0.2, 0.25) is 10.0 Å². The summed E-state index contributed by atoms with van der Waals surface area (Å²) in [4.78, 5) is 2.52. The normalized spacial score (nSPS) is 14.8. The number of aryl methyl sites for hydroxylation is 2. The average molecular weight is 419 g/mol. The molecular weight excluding hydrogens is 388 g/mol. The van der Waals surface area contributed by atoms with Gasteiger partial charge in [-0.05, 0) is 54.7 Å².